The first-order valence-corrected chi connectivity index (χ1v) is 13.6. The standard InChI is InChI=1S/C27H38N6O5/c1-19-18-37-17-6-4-11-27(26(36)30-20(2)25(35)29-19)12-15-33(16-13-27)23(34)10-7-9-22-31-24(32-38-22)21-8-3-5-14-28-21/h3,5,8,14,19-20H,4,6-7,9-13,15-18H2,1-2H3,(H,29,35)(H,30,36)/t19-,20-/m0/s1. The normalized spacial score (nSPS) is 23.1. The molecule has 2 fully saturated rings. The van der Waals surface area contributed by atoms with E-state index in [4.69, 9.17) is 9.26 Å². The number of carbonyl (C=O) groups excluding carboxylic acids is 3. The number of pyridine rings is 1. The second-order valence-electron chi connectivity index (χ2n) is 10.4. The Morgan fingerprint density at radius 1 is 1.13 bits per heavy atom. The van der Waals surface area contributed by atoms with Crippen molar-refractivity contribution >= 4 is 17.7 Å². The van der Waals surface area contributed by atoms with E-state index in [1.54, 1.807) is 13.1 Å². The van der Waals surface area contributed by atoms with Gasteiger partial charge in [-0.25, -0.2) is 0 Å². The van der Waals surface area contributed by atoms with Crippen molar-refractivity contribution in [3.8, 4) is 11.5 Å². The van der Waals surface area contributed by atoms with Crippen LogP contribution >= 0.6 is 0 Å². The van der Waals surface area contributed by atoms with Crippen molar-refractivity contribution in [3.63, 3.8) is 0 Å². The van der Waals surface area contributed by atoms with Crippen LogP contribution in [0.25, 0.3) is 11.5 Å². The second kappa shape index (κ2) is 12.9. The zero-order valence-electron chi connectivity index (χ0n) is 22.3. The van der Waals surface area contributed by atoms with E-state index in [1.165, 1.54) is 0 Å². The molecule has 4 heterocycles. The molecule has 2 aromatic rings. The van der Waals surface area contributed by atoms with Crippen LogP contribution in [0.3, 0.4) is 0 Å². The summed E-state index contributed by atoms with van der Waals surface area (Å²) in [4.78, 5) is 49.2. The van der Waals surface area contributed by atoms with Crippen LogP contribution in [0.5, 0.6) is 0 Å². The molecular weight excluding hydrogens is 488 g/mol. The molecule has 0 radical (unpaired) electrons. The number of nitrogens with one attached hydrogen (secondary N) is 2. The lowest BCUT2D eigenvalue weighted by molar-refractivity contribution is -0.142. The molecule has 0 saturated carbocycles. The molecule has 2 aliphatic rings. The predicted octanol–water partition coefficient (Wildman–Crippen LogP) is 2.27. The minimum Gasteiger partial charge on any atom is -0.379 e. The van der Waals surface area contributed by atoms with Crippen molar-refractivity contribution in [2.45, 2.75) is 77.3 Å². The number of carbonyl (C=O) groups is 3. The Morgan fingerprint density at radius 3 is 2.71 bits per heavy atom. The first kappa shape index (κ1) is 27.7. The number of amides is 3. The Hall–Kier alpha value is -3.34. The summed E-state index contributed by atoms with van der Waals surface area (Å²) in [6, 6.07) is 4.75. The molecule has 0 bridgehead atoms. The number of ether oxygens (including phenoxy) is 1. The molecule has 11 nitrogen and oxygen atoms in total. The monoisotopic (exact) mass is 526 g/mol. The summed E-state index contributed by atoms with van der Waals surface area (Å²) in [5.74, 6) is 0.662. The Kier molecular flexibility index (Phi) is 9.43. The third kappa shape index (κ3) is 7.15. The Labute approximate surface area is 223 Å². The molecule has 2 atom stereocenters. The van der Waals surface area contributed by atoms with Crippen molar-refractivity contribution in [2.75, 3.05) is 26.3 Å². The molecule has 2 aromatic heterocycles. The molecule has 1 spiro atoms. The minimum absolute atomic E-state index is 0.0597. The van der Waals surface area contributed by atoms with Crippen LogP contribution < -0.4 is 10.6 Å². The Balaban J connectivity index is 1.28. The van der Waals surface area contributed by atoms with Crippen LogP contribution in [0.1, 0.15) is 64.7 Å². The van der Waals surface area contributed by atoms with Gasteiger partial charge >= 0.3 is 0 Å². The lowest BCUT2D eigenvalue weighted by Crippen LogP contribution is -2.55. The highest BCUT2D eigenvalue weighted by molar-refractivity contribution is 5.90. The van der Waals surface area contributed by atoms with Crippen LogP contribution in [0, 0.1) is 5.41 Å². The van der Waals surface area contributed by atoms with Gasteiger partial charge in [0.05, 0.1) is 12.0 Å². The van der Waals surface area contributed by atoms with Crippen molar-refractivity contribution in [1.82, 2.24) is 30.7 Å². The second-order valence-corrected chi connectivity index (χ2v) is 10.4. The quantitative estimate of drug-likeness (QED) is 0.605. The molecular formula is C27H38N6O5. The van der Waals surface area contributed by atoms with Gasteiger partial charge in [-0.1, -0.05) is 17.6 Å². The number of likely N-dealkylation sites (tertiary alicyclic amines) is 1. The molecule has 2 N–H and O–H groups in total. The smallest absolute Gasteiger partial charge is 0.242 e. The molecule has 3 amide bonds. The number of piperidine rings is 1. The van der Waals surface area contributed by atoms with Crippen molar-refractivity contribution in [3.05, 3.63) is 30.3 Å². The van der Waals surface area contributed by atoms with Gasteiger partial charge in [0.15, 0.2) is 0 Å². The summed E-state index contributed by atoms with van der Waals surface area (Å²) in [6.07, 6.45) is 6.72. The predicted molar refractivity (Wildman–Crippen MR) is 139 cm³/mol. The van der Waals surface area contributed by atoms with E-state index in [2.05, 4.69) is 25.8 Å². The molecule has 0 aromatic carbocycles. The highest BCUT2D eigenvalue weighted by Gasteiger charge is 2.42. The summed E-state index contributed by atoms with van der Waals surface area (Å²) >= 11 is 0. The van der Waals surface area contributed by atoms with E-state index >= 15 is 0 Å². The largest absolute Gasteiger partial charge is 0.379 e. The minimum atomic E-state index is -0.634. The molecule has 11 heteroatoms. The van der Waals surface area contributed by atoms with Gasteiger partial charge in [-0.2, -0.15) is 4.98 Å². The molecule has 0 unspecified atom stereocenters. The van der Waals surface area contributed by atoms with E-state index in [1.807, 2.05) is 30.0 Å². The van der Waals surface area contributed by atoms with Gasteiger partial charge in [0.2, 0.25) is 29.4 Å². The maximum Gasteiger partial charge on any atom is 0.242 e. The highest BCUT2D eigenvalue weighted by Crippen LogP contribution is 2.37. The number of hydrogen-bond acceptors (Lipinski definition) is 8. The van der Waals surface area contributed by atoms with Gasteiger partial charge < -0.3 is 24.8 Å². The highest BCUT2D eigenvalue weighted by atomic mass is 16.5. The fourth-order valence-electron chi connectivity index (χ4n) is 5.03. The molecule has 0 aliphatic carbocycles. The van der Waals surface area contributed by atoms with Crippen LogP contribution in [0.15, 0.2) is 28.9 Å². The Morgan fingerprint density at radius 2 is 1.95 bits per heavy atom. The van der Waals surface area contributed by atoms with E-state index in [9.17, 15) is 14.4 Å². The van der Waals surface area contributed by atoms with Gasteiger partial charge in [0.1, 0.15) is 11.7 Å². The van der Waals surface area contributed by atoms with Gasteiger partial charge in [0, 0.05) is 44.8 Å². The summed E-state index contributed by atoms with van der Waals surface area (Å²) in [6.45, 7) is 5.68. The van der Waals surface area contributed by atoms with E-state index in [-0.39, 0.29) is 23.8 Å². The summed E-state index contributed by atoms with van der Waals surface area (Å²) < 4.78 is 11.0. The number of aryl methyl sites for hydroxylation is 1. The number of nitrogens with zero attached hydrogens (tertiary/aromatic N) is 4. The van der Waals surface area contributed by atoms with Gasteiger partial charge in [-0.15, -0.1) is 0 Å². The van der Waals surface area contributed by atoms with E-state index in [0.29, 0.717) is 82.2 Å². The van der Waals surface area contributed by atoms with Crippen LogP contribution in [0.4, 0.5) is 0 Å². The van der Waals surface area contributed by atoms with Gasteiger partial charge in [0.25, 0.3) is 0 Å². The average molecular weight is 527 g/mol. The zero-order valence-corrected chi connectivity index (χ0v) is 22.3. The lowest BCUT2D eigenvalue weighted by Gasteiger charge is -2.41. The molecule has 4 rings (SSSR count). The van der Waals surface area contributed by atoms with Crippen LogP contribution in [0.2, 0.25) is 0 Å². The topological polar surface area (TPSA) is 140 Å². The lowest BCUT2D eigenvalue weighted by atomic mass is 9.73. The van der Waals surface area contributed by atoms with Crippen molar-refractivity contribution in [2.24, 2.45) is 5.41 Å². The maximum absolute atomic E-state index is 13.4. The van der Waals surface area contributed by atoms with Crippen molar-refractivity contribution < 1.29 is 23.6 Å². The molecule has 38 heavy (non-hydrogen) atoms. The number of rotatable bonds is 5. The summed E-state index contributed by atoms with van der Waals surface area (Å²) in [7, 11) is 0. The fourth-order valence-corrected chi connectivity index (χ4v) is 5.03. The molecule has 206 valence electrons. The third-order valence-electron chi connectivity index (χ3n) is 7.39. The zero-order chi connectivity index (χ0) is 27.0. The first-order chi connectivity index (χ1) is 18.4. The third-order valence-corrected chi connectivity index (χ3v) is 7.39. The number of hydrogen-bond donors (Lipinski definition) is 2. The number of aromatic nitrogens is 3. The average Bonchev–Trinajstić information content (AvgIpc) is 3.40. The van der Waals surface area contributed by atoms with Gasteiger partial charge in [-0.05, 0) is 58.1 Å². The van der Waals surface area contributed by atoms with E-state index < -0.39 is 11.5 Å². The van der Waals surface area contributed by atoms with Crippen LogP contribution in [-0.4, -0.2) is 76.1 Å². The fraction of sp³-hybridized carbons (Fsp3) is 0.630. The maximum atomic E-state index is 13.4. The first-order valence-electron chi connectivity index (χ1n) is 13.6. The van der Waals surface area contributed by atoms with E-state index in [0.717, 1.165) is 12.8 Å². The summed E-state index contributed by atoms with van der Waals surface area (Å²) in [5.41, 5.74) is 0.0561. The summed E-state index contributed by atoms with van der Waals surface area (Å²) in [5, 5.41) is 9.80. The molecule has 2 saturated heterocycles. The van der Waals surface area contributed by atoms with Crippen molar-refractivity contribution in [1.29, 1.82) is 0 Å². The SMILES string of the molecule is C[C@@H]1NC(=O)C2(CCCCOC[C@H](C)NC1=O)CCN(C(=O)CCCc1nc(-c3ccccn3)no1)CC2. The van der Waals surface area contributed by atoms with Crippen LogP contribution in [-0.2, 0) is 25.5 Å². The molecule has 2 aliphatic heterocycles. The Bertz CT molecular complexity index is 1080. The van der Waals surface area contributed by atoms with Gasteiger partial charge in [-0.3, -0.25) is 19.4 Å².